The topological polar surface area (TPSA) is 127 Å². The lowest BCUT2D eigenvalue weighted by Crippen LogP contribution is -2.32. The van der Waals surface area contributed by atoms with Crippen LogP contribution in [0.3, 0.4) is 0 Å². The van der Waals surface area contributed by atoms with Crippen molar-refractivity contribution in [3.05, 3.63) is 87.1 Å². The van der Waals surface area contributed by atoms with Crippen LogP contribution in [0.15, 0.2) is 64.6 Å². The number of pyridine rings is 1. The number of fused-ring (bicyclic) bond motifs is 2. The lowest BCUT2D eigenvalue weighted by Gasteiger charge is -2.14. The van der Waals surface area contributed by atoms with Gasteiger partial charge in [0.05, 0.1) is 16.6 Å². The summed E-state index contributed by atoms with van der Waals surface area (Å²) in [6, 6.07) is 10.7. The first-order valence-corrected chi connectivity index (χ1v) is 11.2. The largest absolute Gasteiger partial charge is 0.329 e. The number of H-pyrrole nitrogens is 1. The molecule has 4 aromatic heterocycles. The van der Waals surface area contributed by atoms with E-state index in [0.29, 0.717) is 23.7 Å². The van der Waals surface area contributed by atoms with E-state index >= 15 is 0 Å². The minimum atomic E-state index is -0.640. The molecule has 35 heavy (non-hydrogen) atoms. The van der Waals surface area contributed by atoms with Gasteiger partial charge < -0.3 is 5.32 Å². The van der Waals surface area contributed by atoms with E-state index in [1.54, 1.807) is 31.3 Å². The van der Waals surface area contributed by atoms with Crippen LogP contribution in [-0.4, -0.2) is 34.8 Å². The van der Waals surface area contributed by atoms with Crippen molar-refractivity contribution >= 4 is 28.4 Å². The Morgan fingerprint density at radius 1 is 1.14 bits per heavy atom. The lowest BCUT2D eigenvalue weighted by atomic mass is 10.0. The zero-order valence-electron chi connectivity index (χ0n) is 19.4. The van der Waals surface area contributed by atoms with E-state index in [4.69, 9.17) is 0 Å². The van der Waals surface area contributed by atoms with Crippen LogP contribution in [0.25, 0.3) is 28.1 Å². The fourth-order valence-electron chi connectivity index (χ4n) is 3.95. The van der Waals surface area contributed by atoms with Gasteiger partial charge in [-0.05, 0) is 37.1 Å². The highest BCUT2D eigenvalue weighted by Crippen LogP contribution is 2.23. The fourth-order valence-corrected chi connectivity index (χ4v) is 3.95. The maximum Gasteiger partial charge on any atom is 0.329 e. The Labute approximate surface area is 199 Å². The number of nitrogens with one attached hydrogen (secondary N) is 2. The predicted octanol–water partition coefficient (Wildman–Crippen LogP) is 3.19. The number of aromatic nitrogens is 6. The number of hydrogen-bond acceptors (Lipinski definition) is 6. The molecule has 10 nitrogen and oxygen atoms in total. The van der Waals surface area contributed by atoms with E-state index in [-0.39, 0.29) is 22.5 Å². The molecule has 176 valence electrons. The molecule has 5 aromatic rings. The minimum absolute atomic E-state index is 0.00940. The smallest absolute Gasteiger partial charge is 0.322 e. The quantitative estimate of drug-likeness (QED) is 0.407. The Kier molecular flexibility index (Phi) is 5.48. The molecule has 2 N–H and O–H groups in total. The monoisotopic (exact) mass is 469 g/mol. The van der Waals surface area contributed by atoms with Crippen LogP contribution in [0.4, 0.5) is 5.69 Å². The number of aromatic amines is 1. The number of rotatable bonds is 5. The number of nitrogens with zero attached hydrogens (tertiary/aromatic N) is 5. The van der Waals surface area contributed by atoms with Crippen LogP contribution in [-0.2, 0) is 6.54 Å². The van der Waals surface area contributed by atoms with Crippen LogP contribution in [0, 0.1) is 0 Å². The summed E-state index contributed by atoms with van der Waals surface area (Å²) in [4.78, 5) is 53.9. The third-order valence-corrected chi connectivity index (χ3v) is 5.79. The number of carbonyl (C=O) groups excluding carboxylic acids is 1. The Morgan fingerprint density at radius 3 is 2.60 bits per heavy atom. The molecule has 0 radical (unpaired) electrons. The molecule has 0 unspecified atom stereocenters. The molecule has 0 spiro atoms. The van der Waals surface area contributed by atoms with Crippen molar-refractivity contribution in [3.8, 4) is 11.3 Å². The zero-order chi connectivity index (χ0) is 24.7. The van der Waals surface area contributed by atoms with E-state index in [1.165, 1.54) is 4.57 Å². The van der Waals surface area contributed by atoms with E-state index in [0.717, 1.165) is 11.3 Å². The first kappa shape index (κ1) is 22.2. The van der Waals surface area contributed by atoms with Crippen LogP contribution in [0.1, 0.15) is 42.7 Å². The fraction of sp³-hybridized carbons (Fsp3) is 0.200. The van der Waals surface area contributed by atoms with Crippen LogP contribution < -0.4 is 16.6 Å². The van der Waals surface area contributed by atoms with Gasteiger partial charge in [-0.25, -0.2) is 19.7 Å². The molecule has 0 aliphatic carbocycles. The molecule has 0 fully saturated rings. The molecule has 4 heterocycles. The average Bonchev–Trinajstić information content (AvgIpc) is 3.28. The number of anilines is 1. The van der Waals surface area contributed by atoms with Gasteiger partial charge in [0.25, 0.3) is 11.5 Å². The number of aryl methyl sites for hydroxylation is 1. The number of benzene rings is 1. The highest BCUT2D eigenvalue weighted by molar-refractivity contribution is 6.11. The summed E-state index contributed by atoms with van der Waals surface area (Å²) < 4.78 is 3.19. The molecular weight excluding hydrogens is 446 g/mol. The minimum Gasteiger partial charge on any atom is -0.322 e. The number of imidazole rings is 1. The van der Waals surface area contributed by atoms with Gasteiger partial charge >= 0.3 is 5.69 Å². The second kappa shape index (κ2) is 8.64. The van der Waals surface area contributed by atoms with Crippen LogP contribution >= 0.6 is 0 Å². The summed E-state index contributed by atoms with van der Waals surface area (Å²) in [7, 11) is 0. The molecule has 5 rings (SSSR count). The number of carbonyl (C=O) groups is 1. The van der Waals surface area contributed by atoms with E-state index in [9.17, 15) is 14.4 Å². The standard InChI is InChI=1S/C25H23N7O3/c1-4-32-21-20(23(34)30-25(32)35)17(12-18(28-21)14(2)3)22(33)27-16-8-6-15(7-9-16)19-13-31-11-5-10-26-24(31)29-19/h5-14H,4H2,1-3H3,(H,27,33)(H,30,34,35). The van der Waals surface area contributed by atoms with Crippen molar-refractivity contribution < 1.29 is 4.79 Å². The maximum atomic E-state index is 13.3. The highest BCUT2D eigenvalue weighted by Gasteiger charge is 2.20. The first-order chi connectivity index (χ1) is 16.9. The zero-order valence-corrected chi connectivity index (χ0v) is 19.4. The van der Waals surface area contributed by atoms with Crippen molar-refractivity contribution in [2.24, 2.45) is 0 Å². The Balaban J connectivity index is 1.52. The molecule has 0 aliphatic rings. The van der Waals surface area contributed by atoms with E-state index in [1.807, 2.05) is 48.8 Å². The third kappa shape index (κ3) is 3.99. The SMILES string of the molecule is CCn1c(=O)[nH]c(=O)c2c(C(=O)Nc3ccc(-c4cn5cccnc5n4)cc3)cc(C(C)C)nc21. The molecule has 0 saturated carbocycles. The second-order valence-electron chi connectivity index (χ2n) is 8.44. The molecule has 0 aliphatic heterocycles. The Bertz CT molecular complexity index is 1660. The molecular formula is C25H23N7O3. The summed E-state index contributed by atoms with van der Waals surface area (Å²) >= 11 is 0. The van der Waals surface area contributed by atoms with Gasteiger partial charge in [-0.1, -0.05) is 26.0 Å². The first-order valence-electron chi connectivity index (χ1n) is 11.2. The van der Waals surface area contributed by atoms with Gasteiger partial charge in [0.2, 0.25) is 5.78 Å². The van der Waals surface area contributed by atoms with E-state index in [2.05, 4.69) is 25.3 Å². The van der Waals surface area contributed by atoms with Gasteiger partial charge in [0, 0.05) is 42.1 Å². The number of hydrogen-bond donors (Lipinski definition) is 2. The number of amides is 1. The van der Waals surface area contributed by atoms with Gasteiger partial charge in [-0.2, -0.15) is 0 Å². The second-order valence-corrected chi connectivity index (χ2v) is 8.44. The third-order valence-electron chi connectivity index (χ3n) is 5.79. The van der Waals surface area contributed by atoms with Crippen LogP contribution in [0.2, 0.25) is 0 Å². The van der Waals surface area contributed by atoms with Gasteiger partial charge in [-0.3, -0.25) is 23.5 Å². The van der Waals surface area contributed by atoms with Gasteiger partial charge in [0.1, 0.15) is 0 Å². The Hall–Kier alpha value is -4.60. The van der Waals surface area contributed by atoms with E-state index < -0.39 is 17.2 Å². The van der Waals surface area contributed by atoms with Crippen molar-refractivity contribution in [1.29, 1.82) is 0 Å². The summed E-state index contributed by atoms with van der Waals surface area (Å²) in [6.07, 6.45) is 5.44. The van der Waals surface area contributed by atoms with Gasteiger partial charge in [0.15, 0.2) is 5.65 Å². The molecule has 1 amide bonds. The summed E-state index contributed by atoms with van der Waals surface area (Å²) in [5.41, 5.74) is 1.97. The normalized spacial score (nSPS) is 11.4. The maximum absolute atomic E-state index is 13.3. The van der Waals surface area contributed by atoms with Crippen molar-refractivity contribution in [2.45, 2.75) is 33.2 Å². The highest BCUT2D eigenvalue weighted by atomic mass is 16.2. The molecule has 0 atom stereocenters. The van der Waals surface area contributed by atoms with Crippen LogP contribution in [0.5, 0.6) is 0 Å². The lowest BCUT2D eigenvalue weighted by molar-refractivity contribution is 0.102. The van der Waals surface area contributed by atoms with Crippen molar-refractivity contribution in [3.63, 3.8) is 0 Å². The predicted molar refractivity (Wildman–Crippen MR) is 133 cm³/mol. The molecule has 0 bridgehead atoms. The Morgan fingerprint density at radius 2 is 1.91 bits per heavy atom. The summed E-state index contributed by atoms with van der Waals surface area (Å²) in [6.45, 7) is 5.96. The van der Waals surface area contributed by atoms with Gasteiger partial charge in [-0.15, -0.1) is 0 Å². The summed E-state index contributed by atoms with van der Waals surface area (Å²) in [5.74, 6) is 0.127. The van der Waals surface area contributed by atoms with Crippen molar-refractivity contribution in [2.75, 3.05) is 5.32 Å². The molecule has 0 saturated heterocycles. The van der Waals surface area contributed by atoms with Crippen molar-refractivity contribution in [1.82, 2.24) is 28.9 Å². The molecule has 1 aromatic carbocycles. The molecule has 10 heteroatoms. The summed E-state index contributed by atoms with van der Waals surface area (Å²) in [5, 5.41) is 2.94. The average molecular weight is 470 g/mol.